The number of allylic oxidation sites excluding steroid dienone is 1. The van der Waals surface area contributed by atoms with Crippen molar-refractivity contribution < 1.29 is 0 Å². The molecule has 1 aromatic heterocycles. The molecule has 0 aliphatic carbocycles. The maximum Gasteiger partial charge on any atom is 0.283 e. The lowest BCUT2D eigenvalue weighted by atomic mass is 10.1. The van der Waals surface area contributed by atoms with Gasteiger partial charge in [0.1, 0.15) is 4.47 Å². The summed E-state index contributed by atoms with van der Waals surface area (Å²) in [4.78, 5) is 12.1. The van der Waals surface area contributed by atoms with Crippen molar-refractivity contribution in [2.75, 3.05) is 5.32 Å². The topological polar surface area (TPSA) is 72.9 Å². The van der Waals surface area contributed by atoms with Gasteiger partial charge < -0.3 is 11.1 Å². The minimum absolute atomic E-state index is 0.188. The first-order valence-electron chi connectivity index (χ1n) is 6.54. The van der Waals surface area contributed by atoms with Gasteiger partial charge in [0, 0.05) is 13.1 Å². The second kappa shape index (κ2) is 7.19. The molecule has 6 heteroatoms. The SMILES string of the molecule is C=CCn1ncc(NCc2ccccc2CN)c(Br)c1=O. The Labute approximate surface area is 131 Å². The number of hydrogen-bond donors (Lipinski definition) is 2. The third-order valence-electron chi connectivity index (χ3n) is 3.09. The lowest BCUT2D eigenvalue weighted by molar-refractivity contribution is 0.649. The van der Waals surface area contributed by atoms with Crippen LogP contribution in [0.2, 0.25) is 0 Å². The van der Waals surface area contributed by atoms with E-state index in [1.165, 1.54) is 4.68 Å². The molecule has 0 amide bonds. The molecule has 1 aromatic carbocycles. The summed E-state index contributed by atoms with van der Waals surface area (Å²) >= 11 is 3.32. The van der Waals surface area contributed by atoms with Crippen molar-refractivity contribution in [1.29, 1.82) is 0 Å². The molecule has 1 heterocycles. The highest BCUT2D eigenvalue weighted by atomic mass is 79.9. The highest BCUT2D eigenvalue weighted by molar-refractivity contribution is 9.10. The normalized spacial score (nSPS) is 10.4. The Morgan fingerprint density at radius 2 is 2.10 bits per heavy atom. The highest BCUT2D eigenvalue weighted by Crippen LogP contribution is 2.18. The highest BCUT2D eigenvalue weighted by Gasteiger charge is 2.08. The molecular formula is C15H17BrN4O. The number of nitrogens with zero attached hydrogens (tertiary/aromatic N) is 2. The van der Waals surface area contributed by atoms with Gasteiger partial charge in [-0.25, -0.2) is 4.68 Å². The molecule has 0 aliphatic heterocycles. The number of nitrogens with one attached hydrogen (secondary N) is 1. The molecule has 0 spiro atoms. The van der Waals surface area contributed by atoms with E-state index in [1.807, 2.05) is 24.3 Å². The first kappa shape index (κ1) is 15.5. The minimum Gasteiger partial charge on any atom is -0.379 e. The molecule has 110 valence electrons. The van der Waals surface area contributed by atoms with E-state index < -0.39 is 0 Å². The first-order valence-corrected chi connectivity index (χ1v) is 7.34. The number of anilines is 1. The van der Waals surface area contributed by atoms with Gasteiger partial charge in [-0.2, -0.15) is 5.10 Å². The zero-order chi connectivity index (χ0) is 15.2. The number of rotatable bonds is 6. The Bertz CT molecular complexity index is 696. The van der Waals surface area contributed by atoms with Crippen molar-refractivity contribution in [3.8, 4) is 0 Å². The summed E-state index contributed by atoms with van der Waals surface area (Å²) in [5.41, 5.74) is 8.36. The van der Waals surface area contributed by atoms with Gasteiger partial charge in [-0.3, -0.25) is 4.79 Å². The predicted molar refractivity (Wildman–Crippen MR) is 88.1 cm³/mol. The van der Waals surface area contributed by atoms with Gasteiger partial charge in [0.2, 0.25) is 0 Å². The van der Waals surface area contributed by atoms with Gasteiger partial charge in [0.25, 0.3) is 5.56 Å². The van der Waals surface area contributed by atoms with Crippen LogP contribution in [-0.2, 0) is 19.6 Å². The van der Waals surface area contributed by atoms with E-state index in [9.17, 15) is 4.79 Å². The summed E-state index contributed by atoms with van der Waals surface area (Å²) in [6.07, 6.45) is 3.26. The standard InChI is InChI=1S/C15H17BrN4O/c1-2-7-20-15(21)14(16)13(10-19-20)18-9-12-6-4-3-5-11(12)8-17/h2-6,10,18H,1,7-9,17H2. The van der Waals surface area contributed by atoms with Gasteiger partial charge in [-0.15, -0.1) is 6.58 Å². The minimum atomic E-state index is -0.188. The Morgan fingerprint density at radius 1 is 1.38 bits per heavy atom. The van der Waals surface area contributed by atoms with E-state index in [4.69, 9.17) is 5.73 Å². The van der Waals surface area contributed by atoms with Crippen molar-refractivity contribution in [3.63, 3.8) is 0 Å². The molecule has 5 nitrogen and oxygen atoms in total. The van der Waals surface area contributed by atoms with Crippen LogP contribution in [0.4, 0.5) is 5.69 Å². The maximum absolute atomic E-state index is 12.1. The number of nitrogens with two attached hydrogens (primary N) is 1. The summed E-state index contributed by atoms with van der Waals surface area (Å²) in [6.45, 7) is 5.05. The maximum atomic E-state index is 12.1. The lowest BCUT2D eigenvalue weighted by Crippen LogP contribution is -2.24. The number of benzene rings is 1. The van der Waals surface area contributed by atoms with Gasteiger partial charge in [0.05, 0.1) is 18.4 Å². The van der Waals surface area contributed by atoms with Crippen LogP contribution in [0, 0.1) is 0 Å². The smallest absolute Gasteiger partial charge is 0.283 e. The van der Waals surface area contributed by atoms with Crippen molar-refractivity contribution in [2.45, 2.75) is 19.6 Å². The molecule has 0 bridgehead atoms. The van der Waals surface area contributed by atoms with E-state index >= 15 is 0 Å². The van der Waals surface area contributed by atoms with E-state index in [2.05, 4.69) is 32.9 Å². The average Bonchev–Trinajstić information content (AvgIpc) is 2.51. The van der Waals surface area contributed by atoms with E-state index in [0.29, 0.717) is 29.8 Å². The van der Waals surface area contributed by atoms with Crippen LogP contribution in [0.1, 0.15) is 11.1 Å². The Hall–Kier alpha value is -1.92. The fourth-order valence-electron chi connectivity index (χ4n) is 1.96. The van der Waals surface area contributed by atoms with Crippen molar-refractivity contribution in [1.82, 2.24) is 9.78 Å². The quantitative estimate of drug-likeness (QED) is 0.785. The summed E-state index contributed by atoms with van der Waals surface area (Å²) < 4.78 is 1.81. The second-order valence-electron chi connectivity index (χ2n) is 4.47. The number of halogens is 1. The van der Waals surface area contributed by atoms with Crippen LogP contribution in [0.25, 0.3) is 0 Å². The fourth-order valence-corrected chi connectivity index (χ4v) is 2.41. The molecule has 0 fully saturated rings. The van der Waals surface area contributed by atoms with Crippen LogP contribution in [-0.4, -0.2) is 9.78 Å². The van der Waals surface area contributed by atoms with Crippen LogP contribution >= 0.6 is 15.9 Å². The average molecular weight is 349 g/mol. The molecule has 0 radical (unpaired) electrons. The second-order valence-corrected chi connectivity index (χ2v) is 5.27. The molecular weight excluding hydrogens is 332 g/mol. The molecule has 3 N–H and O–H groups in total. The van der Waals surface area contributed by atoms with Crippen molar-refractivity contribution in [3.05, 3.63) is 69.1 Å². The van der Waals surface area contributed by atoms with E-state index in [0.717, 1.165) is 11.1 Å². The van der Waals surface area contributed by atoms with E-state index in [-0.39, 0.29) is 5.56 Å². The molecule has 0 atom stereocenters. The monoisotopic (exact) mass is 348 g/mol. The van der Waals surface area contributed by atoms with Crippen molar-refractivity contribution in [2.24, 2.45) is 5.73 Å². The number of hydrogen-bond acceptors (Lipinski definition) is 4. The third kappa shape index (κ3) is 3.59. The van der Waals surface area contributed by atoms with Gasteiger partial charge >= 0.3 is 0 Å². The van der Waals surface area contributed by atoms with Crippen LogP contribution in [0.5, 0.6) is 0 Å². The molecule has 2 rings (SSSR count). The zero-order valence-corrected chi connectivity index (χ0v) is 13.1. The van der Waals surface area contributed by atoms with E-state index in [1.54, 1.807) is 12.3 Å². The van der Waals surface area contributed by atoms with Crippen LogP contribution < -0.4 is 16.6 Å². The van der Waals surface area contributed by atoms with Crippen LogP contribution in [0.15, 0.2) is 52.4 Å². The summed E-state index contributed by atoms with van der Waals surface area (Å²) in [7, 11) is 0. The largest absolute Gasteiger partial charge is 0.379 e. The summed E-state index contributed by atoms with van der Waals surface area (Å²) in [6, 6.07) is 7.92. The molecule has 21 heavy (non-hydrogen) atoms. The zero-order valence-electron chi connectivity index (χ0n) is 11.6. The Morgan fingerprint density at radius 3 is 2.76 bits per heavy atom. The Balaban J connectivity index is 2.19. The molecule has 0 aliphatic rings. The third-order valence-corrected chi connectivity index (χ3v) is 3.86. The van der Waals surface area contributed by atoms with Crippen molar-refractivity contribution >= 4 is 21.6 Å². The van der Waals surface area contributed by atoms with Gasteiger partial charge in [-0.1, -0.05) is 30.3 Å². The van der Waals surface area contributed by atoms with Crippen LogP contribution in [0.3, 0.4) is 0 Å². The first-order chi connectivity index (χ1) is 10.2. The predicted octanol–water partition coefficient (Wildman–Crippen LogP) is 2.26. The van der Waals surface area contributed by atoms with Gasteiger partial charge in [0.15, 0.2) is 0 Å². The number of aromatic nitrogens is 2. The summed E-state index contributed by atoms with van der Waals surface area (Å²) in [5.74, 6) is 0. The molecule has 0 unspecified atom stereocenters. The summed E-state index contributed by atoms with van der Waals surface area (Å²) in [5, 5.41) is 7.31. The lowest BCUT2D eigenvalue weighted by Gasteiger charge is -2.12. The Kier molecular flexibility index (Phi) is 5.30. The molecule has 0 saturated carbocycles. The molecule has 2 aromatic rings. The fraction of sp³-hybridized carbons (Fsp3) is 0.200. The van der Waals surface area contributed by atoms with Gasteiger partial charge in [-0.05, 0) is 27.1 Å². The molecule has 0 saturated heterocycles.